The third kappa shape index (κ3) is 1.87. The lowest BCUT2D eigenvalue weighted by molar-refractivity contribution is 0.833. The van der Waals surface area contributed by atoms with Crippen molar-refractivity contribution in [1.82, 2.24) is 14.4 Å². The molecule has 0 fully saturated rings. The summed E-state index contributed by atoms with van der Waals surface area (Å²) in [5, 5.41) is 0. The van der Waals surface area contributed by atoms with Crippen molar-refractivity contribution in [3.63, 3.8) is 0 Å². The fourth-order valence-electron chi connectivity index (χ4n) is 1.50. The van der Waals surface area contributed by atoms with Crippen LogP contribution in [0, 0.1) is 0 Å². The van der Waals surface area contributed by atoms with E-state index in [4.69, 9.17) is 0 Å². The van der Waals surface area contributed by atoms with Gasteiger partial charge in [-0.15, -0.1) is 0 Å². The molecule has 80 valence electrons. The number of imidazole rings is 1. The minimum Gasteiger partial charge on any atom is -0.291 e. The fraction of sp³-hybridized carbons (Fsp3) is 0.500. The van der Waals surface area contributed by atoms with Crippen molar-refractivity contribution in [2.24, 2.45) is 0 Å². The summed E-state index contributed by atoms with van der Waals surface area (Å²) in [4.78, 5) is 8.82. The van der Waals surface area contributed by atoms with Crippen molar-refractivity contribution < 1.29 is 0 Å². The van der Waals surface area contributed by atoms with Crippen LogP contribution in [0.3, 0.4) is 0 Å². The molecule has 3 nitrogen and oxygen atoms in total. The second kappa shape index (κ2) is 3.65. The first-order valence-electron chi connectivity index (χ1n) is 5.42. The molecule has 0 aliphatic carbocycles. The molecule has 0 aromatic carbocycles. The molecule has 0 spiro atoms. The van der Waals surface area contributed by atoms with E-state index < -0.39 is 0 Å². The number of fused-ring (bicyclic) bond motifs is 1. The van der Waals surface area contributed by atoms with Crippen LogP contribution in [-0.4, -0.2) is 14.4 Å². The summed E-state index contributed by atoms with van der Waals surface area (Å²) in [6, 6.07) is 0. The molecule has 0 aliphatic heterocycles. The molecule has 0 unspecified atom stereocenters. The Hall–Kier alpha value is -1.38. The van der Waals surface area contributed by atoms with E-state index in [1.54, 1.807) is 0 Å². The van der Waals surface area contributed by atoms with Gasteiger partial charge in [-0.05, 0) is 17.4 Å². The number of aromatic nitrogens is 3. The third-order valence-corrected chi connectivity index (χ3v) is 2.61. The Morgan fingerprint density at radius 3 is 2.40 bits per heavy atom. The van der Waals surface area contributed by atoms with Gasteiger partial charge < -0.3 is 0 Å². The lowest BCUT2D eigenvalue weighted by Gasteiger charge is -2.03. The largest absolute Gasteiger partial charge is 0.291 e. The Bertz CT molecular complexity index is 463. The number of nitrogens with zero attached hydrogens (tertiary/aromatic N) is 3. The summed E-state index contributed by atoms with van der Waals surface area (Å²) in [6.07, 6.45) is 6.10. The highest BCUT2D eigenvalue weighted by Crippen LogP contribution is 2.16. The van der Waals surface area contributed by atoms with Crippen LogP contribution in [0.5, 0.6) is 0 Å². The molecular formula is C12H17N3. The van der Waals surface area contributed by atoms with E-state index in [-0.39, 0.29) is 0 Å². The van der Waals surface area contributed by atoms with Crippen molar-refractivity contribution in [3.8, 4) is 0 Å². The maximum Gasteiger partial charge on any atom is 0.233 e. The number of hydrogen-bond acceptors (Lipinski definition) is 2. The molecule has 0 N–H and O–H groups in total. The summed E-state index contributed by atoms with van der Waals surface area (Å²) in [5.74, 6) is 1.75. The zero-order valence-corrected chi connectivity index (χ0v) is 9.73. The maximum absolute atomic E-state index is 4.46. The molecule has 2 rings (SSSR count). The molecule has 0 amide bonds. The first kappa shape index (κ1) is 10.1. The summed E-state index contributed by atoms with van der Waals surface area (Å²) >= 11 is 0. The van der Waals surface area contributed by atoms with E-state index >= 15 is 0 Å². The van der Waals surface area contributed by atoms with Gasteiger partial charge in [-0.25, -0.2) is 9.97 Å². The van der Waals surface area contributed by atoms with Crippen molar-refractivity contribution in [1.29, 1.82) is 0 Å². The van der Waals surface area contributed by atoms with E-state index in [1.807, 2.05) is 10.6 Å². The highest BCUT2D eigenvalue weighted by atomic mass is 15.1. The minimum atomic E-state index is 0.453. The summed E-state index contributed by atoms with van der Waals surface area (Å²) < 4.78 is 2.02. The Balaban J connectivity index is 2.52. The molecule has 15 heavy (non-hydrogen) atoms. The lowest BCUT2D eigenvalue weighted by Crippen LogP contribution is -1.94. The van der Waals surface area contributed by atoms with Crippen molar-refractivity contribution in [3.05, 3.63) is 29.8 Å². The van der Waals surface area contributed by atoms with Crippen LogP contribution >= 0.6 is 0 Å². The van der Waals surface area contributed by atoms with Gasteiger partial charge in [0.25, 0.3) is 0 Å². The smallest absolute Gasteiger partial charge is 0.233 e. The Morgan fingerprint density at radius 1 is 1.07 bits per heavy atom. The molecule has 2 aromatic heterocycles. The quantitative estimate of drug-likeness (QED) is 0.751. The van der Waals surface area contributed by atoms with Gasteiger partial charge >= 0.3 is 0 Å². The Kier molecular flexibility index (Phi) is 2.47. The zero-order valence-electron chi connectivity index (χ0n) is 9.73. The normalized spacial score (nSPS) is 11.9. The van der Waals surface area contributed by atoms with E-state index in [1.165, 1.54) is 5.56 Å². The summed E-state index contributed by atoms with van der Waals surface area (Å²) in [5.41, 5.74) is 2.35. The number of hydrogen-bond donors (Lipinski definition) is 0. The molecule has 0 saturated carbocycles. The molecule has 3 heteroatoms. The monoisotopic (exact) mass is 203 g/mol. The molecule has 0 saturated heterocycles. The molecule has 2 aromatic rings. The Morgan fingerprint density at radius 2 is 1.80 bits per heavy atom. The average Bonchev–Trinajstić information content (AvgIpc) is 2.59. The molecule has 0 atom stereocenters. The molecule has 0 bridgehead atoms. The van der Waals surface area contributed by atoms with Crippen LogP contribution in [0.15, 0.2) is 18.6 Å². The summed E-state index contributed by atoms with van der Waals surface area (Å²) in [7, 11) is 0. The average molecular weight is 203 g/mol. The van der Waals surface area contributed by atoms with Crippen LogP contribution in [0.25, 0.3) is 5.78 Å². The van der Waals surface area contributed by atoms with Crippen LogP contribution in [0.4, 0.5) is 0 Å². The third-order valence-electron chi connectivity index (χ3n) is 2.61. The predicted molar refractivity (Wildman–Crippen MR) is 61.2 cm³/mol. The van der Waals surface area contributed by atoms with Crippen LogP contribution in [0.2, 0.25) is 0 Å². The first-order valence-corrected chi connectivity index (χ1v) is 5.42. The lowest BCUT2D eigenvalue weighted by atomic mass is 10.1. The minimum absolute atomic E-state index is 0.453. The van der Waals surface area contributed by atoms with Gasteiger partial charge in [0.2, 0.25) is 5.78 Å². The van der Waals surface area contributed by atoms with Crippen LogP contribution < -0.4 is 0 Å². The van der Waals surface area contributed by atoms with Gasteiger partial charge in [-0.2, -0.15) is 0 Å². The predicted octanol–water partition coefficient (Wildman–Crippen LogP) is 2.98. The highest BCUT2D eigenvalue weighted by molar-refractivity contribution is 5.33. The molecule has 0 radical (unpaired) electrons. The van der Waals surface area contributed by atoms with Gasteiger partial charge in [-0.3, -0.25) is 4.40 Å². The number of rotatable bonds is 2. The van der Waals surface area contributed by atoms with Crippen molar-refractivity contribution in [2.75, 3.05) is 0 Å². The van der Waals surface area contributed by atoms with Gasteiger partial charge in [0, 0.05) is 18.6 Å². The van der Waals surface area contributed by atoms with Gasteiger partial charge in [0.05, 0.1) is 5.69 Å². The van der Waals surface area contributed by atoms with E-state index in [0.717, 1.165) is 11.5 Å². The second-order valence-corrected chi connectivity index (χ2v) is 4.57. The molecule has 0 aliphatic rings. The first-order chi connectivity index (χ1) is 7.08. The van der Waals surface area contributed by atoms with Gasteiger partial charge in [0.1, 0.15) is 0 Å². The summed E-state index contributed by atoms with van der Waals surface area (Å²) in [6.45, 7) is 8.63. The highest BCUT2D eigenvalue weighted by Gasteiger charge is 2.07. The fourth-order valence-corrected chi connectivity index (χ4v) is 1.50. The molecular weight excluding hydrogens is 186 g/mol. The Labute approximate surface area is 90.2 Å². The maximum atomic E-state index is 4.46. The second-order valence-electron chi connectivity index (χ2n) is 4.57. The van der Waals surface area contributed by atoms with Crippen molar-refractivity contribution in [2.45, 2.75) is 39.5 Å². The van der Waals surface area contributed by atoms with Crippen LogP contribution in [0.1, 0.15) is 50.8 Å². The SMILES string of the molecule is CC(C)c1cnc2nc(C(C)C)cn2c1. The topological polar surface area (TPSA) is 30.2 Å². The van der Waals surface area contributed by atoms with Gasteiger partial charge in [-0.1, -0.05) is 27.7 Å². The van der Waals surface area contributed by atoms with E-state index in [0.29, 0.717) is 11.8 Å². The standard InChI is InChI=1S/C12H17N3/c1-8(2)10-5-13-12-14-11(9(3)4)7-15(12)6-10/h5-9H,1-4H3. The van der Waals surface area contributed by atoms with E-state index in [2.05, 4.69) is 50.1 Å². The molecule has 2 heterocycles. The van der Waals surface area contributed by atoms with E-state index in [9.17, 15) is 0 Å². The van der Waals surface area contributed by atoms with Crippen molar-refractivity contribution >= 4 is 5.78 Å². The van der Waals surface area contributed by atoms with Crippen LogP contribution in [-0.2, 0) is 0 Å². The van der Waals surface area contributed by atoms with Gasteiger partial charge in [0.15, 0.2) is 0 Å². The zero-order chi connectivity index (χ0) is 11.0.